The van der Waals surface area contributed by atoms with Gasteiger partial charge in [-0.3, -0.25) is 0 Å². The Bertz CT molecular complexity index is 442. The van der Waals surface area contributed by atoms with Crippen molar-refractivity contribution in [2.45, 2.75) is 57.8 Å². The van der Waals surface area contributed by atoms with Gasteiger partial charge in [0.05, 0.1) is 12.6 Å². The summed E-state index contributed by atoms with van der Waals surface area (Å²) in [4.78, 5) is 0. The number of anilines is 1. The summed E-state index contributed by atoms with van der Waals surface area (Å²) in [6.07, 6.45) is 3.78. The van der Waals surface area contributed by atoms with Crippen LogP contribution in [-0.2, 0) is 11.3 Å². The first kappa shape index (κ1) is 12.9. The highest BCUT2D eigenvalue weighted by molar-refractivity contribution is 5.25. The van der Waals surface area contributed by atoms with Crippen LogP contribution >= 0.6 is 0 Å². The Morgan fingerprint density at radius 3 is 2.79 bits per heavy atom. The van der Waals surface area contributed by atoms with E-state index in [1.165, 1.54) is 12.8 Å². The Labute approximate surface area is 113 Å². The molecule has 0 aromatic carbocycles. The van der Waals surface area contributed by atoms with E-state index >= 15 is 0 Å². The number of nitrogens with one attached hydrogen (secondary N) is 2. The predicted octanol–water partition coefficient (Wildman–Crippen LogP) is 1.55. The lowest BCUT2D eigenvalue weighted by Gasteiger charge is -2.50. The first-order valence-corrected chi connectivity index (χ1v) is 6.94. The maximum atomic E-state index is 5.59. The van der Waals surface area contributed by atoms with E-state index in [0.717, 1.165) is 6.42 Å². The van der Waals surface area contributed by atoms with Gasteiger partial charge in [0.15, 0.2) is 0 Å². The van der Waals surface area contributed by atoms with Gasteiger partial charge in [0.25, 0.3) is 0 Å². The smallest absolute Gasteiger partial charge is 0.315 e. The van der Waals surface area contributed by atoms with Gasteiger partial charge in [-0.15, -0.1) is 5.10 Å². The van der Waals surface area contributed by atoms with Gasteiger partial charge in [0, 0.05) is 24.6 Å². The summed E-state index contributed by atoms with van der Waals surface area (Å²) >= 11 is 0. The van der Waals surface area contributed by atoms with Crippen LogP contribution in [0.3, 0.4) is 0 Å². The molecule has 0 aliphatic heterocycles. The Balaban J connectivity index is 1.52. The first-order chi connectivity index (χ1) is 9.09. The maximum absolute atomic E-state index is 5.59. The van der Waals surface area contributed by atoms with Gasteiger partial charge in [0.2, 0.25) is 5.89 Å². The monoisotopic (exact) mass is 266 g/mol. The molecule has 3 rings (SSSR count). The van der Waals surface area contributed by atoms with Gasteiger partial charge in [0.1, 0.15) is 0 Å². The molecule has 2 aliphatic carbocycles. The van der Waals surface area contributed by atoms with E-state index in [-0.39, 0.29) is 5.41 Å². The van der Waals surface area contributed by atoms with Crippen molar-refractivity contribution in [3.8, 4) is 0 Å². The summed E-state index contributed by atoms with van der Waals surface area (Å²) in [5, 5.41) is 14.8. The highest BCUT2D eigenvalue weighted by Gasteiger charge is 2.49. The number of methoxy groups -OCH3 is 1. The Morgan fingerprint density at radius 2 is 2.16 bits per heavy atom. The van der Waals surface area contributed by atoms with Crippen LogP contribution in [0.2, 0.25) is 0 Å². The number of ether oxygens (including phenoxy) is 1. The molecule has 2 fully saturated rings. The second-order valence-corrected chi connectivity index (χ2v) is 6.13. The zero-order valence-corrected chi connectivity index (χ0v) is 11.8. The van der Waals surface area contributed by atoms with Crippen molar-refractivity contribution < 1.29 is 9.15 Å². The lowest BCUT2D eigenvalue weighted by atomic mass is 9.64. The van der Waals surface area contributed by atoms with Crippen LogP contribution < -0.4 is 10.6 Å². The summed E-state index contributed by atoms with van der Waals surface area (Å²) in [6.45, 7) is 5.04. The van der Waals surface area contributed by atoms with Gasteiger partial charge in [-0.1, -0.05) is 18.9 Å². The molecule has 1 aromatic heterocycles. The number of hydrogen-bond acceptors (Lipinski definition) is 6. The van der Waals surface area contributed by atoms with Gasteiger partial charge < -0.3 is 19.8 Å². The quantitative estimate of drug-likeness (QED) is 0.814. The molecule has 2 N–H and O–H groups in total. The molecule has 0 amide bonds. The van der Waals surface area contributed by atoms with Crippen molar-refractivity contribution in [3.05, 3.63) is 5.89 Å². The highest BCUT2D eigenvalue weighted by atomic mass is 16.5. The molecule has 2 unspecified atom stereocenters. The van der Waals surface area contributed by atoms with Crippen molar-refractivity contribution in [1.29, 1.82) is 0 Å². The number of hydrogen-bond donors (Lipinski definition) is 2. The van der Waals surface area contributed by atoms with E-state index in [0.29, 0.717) is 36.6 Å². The number of nitrogens with zero attached hydrogens (tertiary/aromatic N) is 2. The zero-order valence-electron chi connectivity index (χ0n) is 11.8. The van der Waals surface area contributed by atoms with E-state index in [2.05, 4.69) is 34.7 Å². The average Bonchev–Trinajstić information content (AvgIpc) is 3.11. The van der Waals surface area contributed by atoms with Crippen LogP contribution in [0, 0.1) is 5.41 Å². The van der Waals surface area contributed by atoms with Crippen LogP contribution in [0.4, 0.5) is 6.01 Å². The van der Waals surface area contributed by atoms with Gasteiger partial charge >= 0.3 is 6.01 Å². The van der Waals surface area contributed by atoms with Crippen LogP contribution in [0.15, 0.2) is 4.42 Å². The molecule has 2 saturated carbocycles. The van der Waals surface area contributed by atoms with E-state index in [4.69, 9.17) is 9.15 Å². The lowest BCUT2D eigenvalue weighted by molar-refractivity contribution is -0.0800. The molecule has 0 radical (unpaired) electrons. The minimum absolute atomic E-state index is 0.0929. The van der Waals surface area contributed by atoms with Gasteiger partial charge in [-0.2, -0.15) is 0 Å². The molecule has 0 spiro atoms. The van der Waals surface area contributed by atoms with Crippen molar-refractivity contribution in [2.75, 3.05) is 12.4 Å². The SMILES string of the molecule is COC1CC(Nc2nnc(CNC3CC3)o2)C1(C)C. The summed E-state index contributed by atoms with van der Waals surface area (Å²) < 4.78 is 11.0. The normalized spacial score (nSPS) is 29.0. The van der Waals surface area contributed by atoms with Crippen molar-refractivity contribution in [1.82, 2.24) is 15.5 Å². The van der Waals surface area contributed by atoms with E-state index in [9.17, 15) is 0 Å². The number of rotatable bonds is 6. The minimum atomic E-state index is 0.0929. The second-order valence-electron chi connectivity index (χ2n) is 6.13. The molecule has 1 heterocycles. The van der Waals surface area contributed by atoms with Crippen molar-refractivity contribution in [3.63, 3.8) is 0 Å². The molecule has 2 aliphatic rings. The minimum Gasteiger partial charge on any atom is -0.407 e. The van der Waals surface area contributed by atoms with Gasteiger partial charge in [-0.05, 0) is 19.3 Å². The molecular weight excluding hydrogens is 244 g/mol. The van der Waals surface area contributed by atoms with E-state index in [1.54, 1.807) is 7.11 Å². The molecule has 0 bridgehead atoms. The van der Waals surface area contributed by atoms with Crippen molar-refractivity contribution >= 4 is 6.01 Å². The molecular formula is C13H22N4O2. The Hall–Kier alpha value is -1.14. The van der Waals surface area contributed by atoms with Crippen molar-refractivity contribution in [2.24, 2.45) is 5.41 Å². The summed E-state index contributed by atoms with van der Waals surface area (Å²) in [6, 6.07) is 1.48. The molecule has 19 heavy (non-hydrogen) atoms. The molecule has 0 saturated heterocycles. The Kier molecular flexibility index (Phi) is 3.22. The first-order valence-electron chi connectivity index (χ1n) is 6.94. The zero-order chi connectivity index (χ0) is 13.5. The highest BCUT2D eigenvalue weighted by Crippen LogP contribution is 2.43. The van der Waals surface area contributed by atoms with Crippen LogP contribution in [0.1, 0.15) is 39.0 Å². The fraction of sp³-hybridized carbons (Fsp3) is 0.846. The van der Waals surface area contributed by atoms with Crippen LogP contribution in [0.5, 0.6) is 0 Å². The third-order valence-electron chi connectivity index (χ3n) is 4.35. The largest absolute Gasteiger partial charge is 0.407 e. The third-order valence-corrected chi connectivity index (χ3v) is 4.35. The van der Waals surface area contributed by atoms with E-state index in [1.807, 2.05) is 0 Å². The molecule has 2 atom stereocenters. The Morgan fingerprint density at radius 1 is 1.37 bits per heavy atom. The summed E-state index contributed by atoms with van der Waals surface area (Å²) in [7, 11) is 1.76. The lowest BCUT2D eigenvalue weighted by Crippen LogP contribution is -2.57. The molecule has 6 heteroatoms. The fourth-order valence-electron chi connectivity index (χ4n) is 2.58. The van der Waals surface area contributed by atoms with E-state index < -0.39 is 0 Å². The molecule has 6 nitrogen and oxygen atoms in total. The number of aromatic nitrogens is 2. The topological polar surface area (TPSA) is 72.2 Å². The average molecular weight is 266 g/mol. The van der Waals surface area contributed by atoms with Crippen LogP contribution in [-0.4, -0.2) is 35.5 Å². The molecule has 1 aromatic rings. The second kappa shape index (κ2) is 4.76. The van der Waals surface area contributed by atoms with Crippen LogP contribution in [0.25, 0.3) is 0 Å². The van der Waals surface area contributed by atoms with Gasteiger partial charge in [-0.25, -0.2) is 0 Å². The maximum Gasteiger partial charge on any atom is 0.315 e. The fourth-order valence-corrected chi connectivity index (χ4v) is 2.58. The molecule has 106 valence electrons. The summed E-state index contributed by atoms with van der Waals surface area (Å²) in [5.41, 5.74) is 0.0929. The third kappa shape index (κ3) is 2.60. The standard InChI is InChI=1S/C13H22N4O2/c1-13(2)9(6-10(13)18-3)15-12-17-16-11(19-12)7-14-8-4-5-8/h8-10,14H,4-7H2,1-3H3,(H,15,17). The summed E-state index contributed by atoms with van der Waals surface area (Å²) in [5.74, 6) is 0.648. The predicted molar refractivity (Wildman–Crippen MR) is 70.8 cm³/mol.